The summed E-state index contributed by atoms with van der Waals surface area (Å²) in [5.74, 6) is -0.0622. The normalized spacial score (nSPS) is 19.7. The molecule has 0 radical (unpaired) electrons. The fourth-order valence-corrected chi connectivity index (χ4v) is 5.84. The van der Waals surface area contributed by atoms with Crippen LogP contribution in [0.2, 0.25) is 0 Å². The number of allylic oxidation sites excluding steroid dienone is 12. The summed E-state index contributed by atoms with van der Waals surface area (Å²) in [5.41, 5.74) is 2.37. The average Bonchev–Trinajstić information content (AvgIpc) is 2.99. The van der Waals surface area contributed by atoms with Gasteiger partial charge >= 0.3 is 0 Å². The summed E-state index contributed by atoms with van der Waals surface area (Å²) < 4.78 is 44.8. The number of benzene rings is 1. The number of hydrogen-bond acceptors (Lipinski definition) is 0. The highest BCUT2D eigenvalue weighted by Gasteiger charge is 2.25. The standard InChI is InChI=1S/C39H51F3/c1-9-13-14-15-35-24-25-36(39(42)38(35)41)28(6)17-20-32(11-3)29(7)26-37(40)30(8)33(12-4)21-16-27(5)34-22-18-31(10-2)19-23-34/h10-11,13-14,17,20,24-27,31,33-34H,2,6-9,12,15-16,18-19,21-23H2,1,3-5H3/b14-13-,20-17-,32-11+,37-26+. The van der Waals surface area contributed by atoms with Crippen molar-refractivity contribution in [3.63, 3.8) is 0 Å². The second-order valence-corrected chi connectivity index (χ2v) is 11.7. The highest BCUT2D eigenvalue weighted by molar-refractivity contribution is 5.73. The maximum atomic E-state index is 15.4. The quantitative estimate of drug-likeness (QED) is 0.136. The van der Waals surface area contributed by atoms with Gasteiger partial charge in [0.15, 0.2) is 11.6 Å². The third kappa shape index (κ3) is 10.0. The molecule has 1 saturated carbocycles. The first-order chi connectivity index (χ1) is 20.1. The lowest BCUT2D eigenvalue weighted by Gasteiger charge is -2.32. The molecule has 0 amide bonds. The Morgan fingerprint density at radius 2 is 1.67 bits per heavy atom. The van der Waals surface area contributed by atoms with E-state index in [-0.39, 0.29) is 17.3 Å². The Labute approximate surface area is 253 Å². The molecule has 2 rings (SSSR count). The lowest BCUT2D eigenvalue weighted by Crippen LogP contribution is -2.20. The minimum Gasteiger partial charge on any atom is -0.207 e. The predicted octanol–water partition coefficient (Wildman–Crippen LogP) is 12.4. The van der Waals surface area contributed by atoms with E-state index < -0.39 is 11.6 Å². The van der Waals surface area contributed by atoms with E-state index in [1.165, 1.54) is 31.8 Å². The Morgan fingerprint density at radius 1 is 0.976 bits per heavy atom. The molecular formula is C39H51F3. The Kier molecular flexibility index (Phi) is 14.9. The van der Waals surface area contributed by atoms with Gasteiger partial charge in [-0.15, -0.1) is 6.58 Å². The minimum atomic E-state index is -0.917. The van der Waals surface area contributed by atoms with E-state index in [0.29, 0.717) is 46.1 Å². The lowest BCUT2D eigenvalue weighted by molar-refractivity contribution is 0.218. The van der Waals surface area contributed by atoms with Gasteiger partial charge in [0.05, 0.1) is 0 Å². The van der Waals surface area contributed by atoms with E-state index in [1.54, 1.807) is 30.4 Å². The van der Waals surface area contributed by atoms with Gasteiger partial charge < -0.3 is 0 Å². The van der Waals surface area contributed by atoms with Gasteiger partial charge in [0, 0.05) is 5.56 Å². The van der Waals surface area contributed by atoms with Crippen molar-refractivity contribution in [3.05, 3.63) is 126 Å². The van der Waals surface area contributed by atoms with E-state index in [1.807, 2.05) is 26.0 Å². The molecule has 0 heterocycles. The monoisotopic (exact) mass is 576 g/mol. The molecule has 228 valence electrons. The van der Waals surface area contributed by atoms with Gasteiger partial charge in [0.1, 0.15) is 5.83 Å². The summed E-state index contributed by atoms with van der Waals surface area (Å²) in [7, 11) is 0. The van der Waals surface area contributed by atoms with E-state index in [2.05, 4.69) is 46.2 Å². The van der Waals surface area contributed by atoms with E-state index in [0.717, 1.165) is 31.6 Å². The highest BCUT2D eigenvalue weighted by Crippen LogP contribution is 2.37. The van der Waals surface area contributed by atoms with Gasteiger partial charge in [-0.25, -0.2) is 13.2 Å². The average molecular weight is 577 g/mol. The molecule has 1 aliphatic rings. The van der Waals surface area contributed by atoms with Gasteiger partial charge in [-0.2, -0.15) is 0 Å². The summed E-state index contributed by atoms with van der Waals surface area (Å²) in [5, 5.41) is 0. The Bertz CT molecular complexity index is 1210. The van der Waals surface area contributed by atoms with Crippen LogP contribution in [0, 0.1) is 35.3 Å². The molecule has 1 aromatic rings. The van der Waals surface area contributed by atoms with Crippen molar-refractivity contribution in [1.29, 1.82) is 0 Å². The number of hydrogen-bond donors (Lipinski definition) is 0. The predicted molar refractivity (Wildman–Crippen MR) is 177 cm³/mol. The third-order valence-electron chi connectivity index (χ3n) is 8.91. The molecule has 1 aromatic carbocycles. The van der Waals surface area contributed by atoms with Crippen molar-refractivity contribution in [2.75, 3.05) is 0 Å². The van der Waals surface area contributed by atoms with Crippen LogP contribution in [0.5, 0.6) is 0 Å². The van der Waals surface area contributed by atoms with Gasteiger partial charge in [0.2, 0.25) is 0 Å². The van der Waals surface area contributed by atoms with E-state index in [9.17, 15) is 8.78 Å². The van der Waals surface area contributed by atoms with Crippen LogP contribution >= 0.6 is 0 Å². The van der Waals surface area contributed by atoms with Crippen molar-refractivity contribution in [1.82, 2.24) is 0 Å². The van der Waals surface area contributed by atoms with Crippen LogP contribution in [-0.4, -0.2) is 0 Å². The molecule has 2 atom stereocenters. The molecular weight excluding hydrogens is 525 g/mol. The van der Waals surface area contributed by atoms with E-state index >= 15 is 4.39 Å². The van der Waals surface area contributed by atoms with Gasteiger partial charge in [-0.05, 0) is 122 Å². The summed E-state index contributed by atoms with van der Waals surface area (Å²) in [4.78, 5) is 0. The summed E-state index contributed by atoms with van der Waals surface area (Å²) in [6, 6.07) is 3.14. The maximum Gasteiger partial charge on any atom is 0.166 e. The van der Waals surface area contributed by atoms with Gasteiger partial charge in [-0.3, -0.25) is 0 Å². The molecule has 0 saturated heterocycles. The molecule has 42 heavy (non-hydrogen) atoms. The van der Waals surface area contributed by atoms with Gasteiger partial charge in [-0.1, -0.05) is 89.1 Å². The van der Waals surface area contributed by atoms with Crippen LogP contribution in [-0.2, 0) is 6.42 Å². The molecule has 1 fully saturated rings. The zero-order chi connectivity index (χ0) is 31.2. The highest BCUT2D eigenvalue weighted by atomic mass is 19.2. The number of rotatable bonds is 16. The Morgan fingerprint density at radius 3 is 2.26 bits per heavy atom. The second kappa shape index (κ2) is 17.8. The van der Waals surface area contributed by atoms with Crippen molar-refractivity contribution < 1.29 is 13.2 Å². The van der Waals surface area contributed by atoms with Crippen molar-refractivity contribution in [2.45, 2.75) is 85.5 Å². The molecule has 2 unspecified atom stereocenters. The first-order valence-electron chi connectivity index (χ1n) is 15.6. The van der Waals surface area contributed by atoms with Crippen molar-refractivity contribution in [2.24, 2.45) is 23.7 Å². The zero-order valence-electron chi connectivity index (χ0n) is 26.3. The Balaban J connectivity index is 2.02. The topological polar surface area (TPSA) is 0 Å². The van der Waals surface area contributed by atoms with Crippen molar-refractivity contribution >= 4 is 5.57 Å². The molecule has 3 heteroatoms. The zero-order valence-corrected chi connectivity index (χ0v) is 26.3. The van der Waals surface area contributed by atoms with Crippen LogP contribution in [0.4, 0.5) is 13.2 Å². The fourth-order valence-electron chi connectivity index (χ4n) is 5.84. The van der Waals surface area contributed by atoms with Crippen molar-refractivity contribution in [3.8, 4) is 0 Å². The number of halogens is 3. The van der Waals surface area contributed by atoms with Crippen LogP contribution in [0.25, 0.3) is 5.57 Å². The summed E-state index contributed by atoms with van der Waals surface area (Å²) in [6.07, 6.45) is 21.3. The minimum absolute atomic E-state index is 0.0729. The van der Waals surface area contributed by atoms with E-state index in [4.69, 9.17) is 0 Å². The third-order valence-corrected chi connectivity index (χ3v) is 8.91. The molecule has 0 N–H and O–H groups in total. The summed E-state index contributed by atoms with van der Waals surface area (Å²) >= 11 is 0. The molecule has 0 nitrogen and oxygen atoms in total. The first kappa shape index (κ1) is 35.1. The maximum absolute atomic E-state index is 15.4. The smallest absolute Gasteiger partial charge is 0.166 e. The Hall–Kier alpha value is -3.07. The molecule has 0 aromatic heterocycles. The first-order valence-corrected chi connectivity index (χ1v) is 15.6. The molecule has 0 spiro atoms. The van der Waals surface area contributed by atoms with Crippen LogP contribution < -0.4 is 0 Å². The lowest BCUT2D eigenvalue weighted by atomic mass is 9.74. The second-order valence-electron chi connectivity index (χ2n) is 11.7. The van der Waals surface area contributed by atoms with Gasteiger partial charge in [0.25, 0.3) is 0 Å². The molecule has 0 aliphatic heterocycles. The SMILES string of the molecule is C=CC1CCC(C(C)CCC(CC)C(=C)/C(F)=C\C(=C)C(/C=C\C(=C)c2ccc(C/C=C\CC)c(F)c2F)=C/C)CC1. The largest absolute Gasteiger partial charge is 0.207 e. The van der Waals surface area contributed by atoms with Crippen LogP contribution in [0.3, 0.4) is 0 Å². The molecule has 1 aliphatic carbocycles. The van der Waals surface area contributed by atoms with Crippen LogP contribution in [0.1, 0.15) is 90.2 Å². The summed E-state index contributed by atoms with van der Waals surface area (Å²) in [6.45, 7) is 24.3. The fraction of sp³-hybridized carbons (Fsp3) is 0.436. The van der Waals surface area contributed by atoms with Crippen LogP contribution in [0.15, 0.2) is 104 Å². The molecule has 0 bridgehead atoms.